The van der Waals surface area contributed by atoms with E-state index in [1.807, 2.05) is 28.2 Å². The molecule has 0 radical (unpaired) electrons. The first-order valence-corrected chi connectivity index (χ1v) is 12.0. The van der Waals surface area contributed by atoms with E-state index in [-0.39, 0.29) is 10.6 Å². The van der Waals surface area contributed by atoms with Crippen LogP contribution in [0.25, 0.3) is 0 Å². The summed E-state index contributed by atoms with van der Waals surface area (Å²) in [6.45, 7) is 9.69. The maximum absolute atomic E-state index is 13.3. The zero-order chi connectivity index (χ0) is 21.3. The largest absolute Gasteiger partial charge is 0.379 e. The minimum absolute atomic E-state index is 0.0653. The number of anilines is 1. The van der Waals surface area contributed by atoms with Crippen LogP contribution in [0.4, 0.5) is 11.4 Å². The lowest BCUT2D eigenvalue weighted by atomic mass is 10.1. The second-order valence-electron chi connectivity index (χ2n) is 8.03. The van der Waals surface area contributed by atoms with Gasteiger partial charge in [-0.25, -0.2) is 9.34 Å². The summed E-state index contributed by atoms with van der Waals surface area (Å²) < 4.78 is 28.5. The van der Waals surface area contributed by atoms with Gasteiger partial charge in [0.05, 0.1) is 24.2 Å². The van der Waals surface area contributed by atoms with Gasteiger partial charge in [0.15, 0.2) is 0 Å². The van der Waals surface area contributed by atoms with Crippen LogP contribution in [-0.4, -0.2) is 91.8 Å². The van der Waals surface area contributed by atoms with E-state index in [4.69, 9.17) is 9.26 Å². The summed E-state index contributed by atoms with van der Waals surface area (Å²) in [5, 5.41) is 11.6. The summed E-state index contributed by atoms with van der Waals surface area (Å²) >= 11 is 0. The van der Waals surface area contributed by atoms with Gasteiger partial charge in [0, 0.05) is 65.5 Å². The van der Waals surface area contributed by atoms with Crippen LogP contribution in [0.3, 0.4) is 0 Å². The topological polar surface area (TPSA) is 91.2 Å². The third-order valence-electron chi connectivity index (χ3n) is 5.79. The van der Waals surface area contributed by atoms with E-state index in [1.54, 1.807) is 12.1 Å². The minimum Gasteiger partial charge on any atom is -0.379 e. The van der Waals surface area contributed by atoms with Crippen molar-refractivity contribution in [3.63, 3.8) is 0 Å². The van der Waals surface area contributed by atoms with Crippen LogP contribution in [0.15, 0.2) is 18.2 Å². The van der Waals surface area contributed by atoms with Crippen molar-refractivity contribution in [3.8, 4) is 0 Å². The molecule has 1 aromatic carbocycles. The molecule has 0 amide bonds. The molecule has 3 saturated heterocycles. The van der Waals surface area contributed by atoms with E-state index >= 15 is 0 Å². The van der Waals surface area contributed by atoms with Crippen LogP contribution in [0, 0.1) is 10.1 Å². The van der Waals surface area contributed by atoms with Gasteiger partial charge in [-0.3, -0.25) is 24.1 Å². The van der Waals surface area contributed by atoms with E-state index in [2.05, 4.69) is 4.90 Å². The summed E-state index contributed by atoms with van der Waals surface area (Å²) in [6.07, 6.45) is -0.427. The van der Waals surface area contributed by atoms with E-state index in [0.29, 0.717) is 12.2 Å². The molecule has 166 valence electrons. The van der Waals surface area contributed by atoms with Gasteiger partial charge in [-0.05, 0) is 24.6 Å². The molecule has 1 aromatic rings. The molecule has 0 N–H and O–H groups in total. The third kappa shape index (κ3) is 4.85. The van der Waals surface area contributed by atoms with Crippen molar-refractivity contribution in [2.75, 3.05) is 77.5 Å². The molecule has 0 aromatic heterocycles. The number of rotatable bonds is 10. The Morgan fingerprint density at radius 3 is 2.40 bits per heavy atom. The zero-order valence-electron chi connectivity index (χ0n) is 17.6. The smallest absolute Gasteiger partial charge is 0.346 e. The zero-order valence-corrected chi connectivity index (χ0v) is 18.5. The molecule has 4 rings (SSSR count). The molecule has 3 aliphatic heterocycles. The van der Waals surface area contributed by atoms with E-state index in [1.165, 1.54) is 6.07 Å². The molecule has 3 fully saturated rings. The van der Waals surface area contributed by atoms with Crippen LogP contribution < -0.4 is 4.90 Å². The van der Waals surface area contributed by atoms with Crippen LogP contribution in [0.1, 0.15) is 18.6 Å². The van der Waals surface area contributed by atoms with Gasteiger partial charge in [0.1, 0.15) is 5.69 Å². The molecular formula is C19H30N5O5P. The molecule has 3 heterocycles. The van der Waals surface area contributed by atoms with Crippen molar-refractivity contribution >= 4 is 19.0 Å². The fourth-order valence-electron chi connectivity index (χ4n) is 3.66. The predicted octanol–water partition coefficient (Wildman–Crippen LogP) is 2.18. The summed E-state index contributed by atoms with van der Waals surface area (Å²) in [4.78, 5) is 15.5. The number of hydrogen-bond acceptors (Lipinski definition) is 7. The van der Waals surface area contributed by atoms with E-state index < -0.39 is 13.8 Å². The quantitative estimate of drug-likeness (QED) is 0.235. The van der Waals surface area contributed by atoms with Gasteiger partial charge in [-0.2, -0.15) is 0 Å². The number of nitro benzene ring substituents is 1. The maximum Gasteiger partial charge on any atom is 0.346 e. The molecule has 11 heteroatoms. The van der Waals surface area contributed by atoms with Gasteiger partial charge in [-0.1, -0.05) is 0 Å². The first-order chi connectivity index (χ1) is 14.4. The highest BCUT2D eigenvalue weighted by molar-refractivity contribution is 7.54. The predicted molar refractivity (Wildman–Crippen MR) is 114 cm³/mol. The Balaban J connectivity index is 1.48. The lowest BCUT2D eigenvalue weighted by Crippen LogP contribution is -2.40. The van der Waals surface area contributed by atoms with Crippen molar-refractivity contribution in [1.29, 1.82) is 0 Å². The summed E-state index contributed by atoms with van der Waals surface area (Å²) in [5.41, 5.74) is 1.41. The lowest BCUT2D eigenvalue weighted by molar-refractivity contribution is -0.384. The normalized spacial score (nSPS) is 21.4. The highest BCUT2D eigenvalue weighted by atomic mass is 31.2. The number of nitrogens with zero attached hydrogens (tertiary/aromatic N) is 5. The van der Waals surface area contributed by atoms with Crippen LogP contribution in [0.2, 0.25) is 0 Å². The first-order valence-electron chi connectivity index (χ1n) is 10.5. The number of ether oxygens (including phenoxy) is 1. The second-order valence-corrected chi connectivity index (χ2v) is 10.3. The Morgan fingerprint density at radius 1 is 1.20 bits per heavy atom. The SMILES string of the molecule is CC(OP(=O)(N1CC1)N1CC1)c1ccc([N+](=O)[O-])c(N(C)CCN2CCOCC2)c1. The molecule has 30 heavy (non-hydrogen) atoms. The highest BCUT2D eigenvalue weighted by Gasteiger charge is 2.50. The number of morpholine rings is 1. The maximum atomic E-state index is 13.3. The fraction of sp³-hybridized carbons (Fsp3) is 0.684. The molecule has 10 nitrogen and oxygen atoms in total. The first kappa shape index (κ1) is 21.7. The van der Waals surface area contributed by atoms with Crippen molar-refractivity contribution in [2.45, 2.75) is 13.0 Å². The Kier molecular flexibility index (Phi) is 6.43. The molecule has 1 unspecified atom stereocenters. The minimum atomic E-state index is -2.96. The van der Waals surface area contributed by atoms with Crippen molar-refractivity contribution in [3.05, 3.63) is 33.9 Å². The Hall–Kier alpha value is -1.55. The van der Waals surface area contributed by atoms with Crippen molar-refractivity contribution < 1.29 is 18.7 Å². The molecule has 0 aliphatic carbocycles. The number of nitro groups is 1. The Morgan fingerprint density at radius 2 is 1.83 bits per heavy atom. The van der Waals surface area contributed by atoms with Crippen LogP contribution >= 0.6 is 7.67 Å². The van der Waals surface area contributed by atoms with Gasteiger partial charge < -0.3 is 9.64 Å². The lowest BCUT2D eigenvalue weighted by Gasteiger charge is -2.29. The standard InChI is InChI=1S/C19H30N5O5P/c1-16(29-30(27,22-7-8-22)23-9-10-23)17-3-4-18(24(25)26)19(15-17)20(2)5-6-21-11-13-28-14-12-21/h3-4,15-16H,5-14H2,1-2H3. The average molecular weight is 439 g/mol. The van der Waals surface area contributed by atoms with Gasteiger partial charge in [-0.15, -0.1) is 0 Å². The Labute approximate surface area is 177 Å². The number of hydrogen-bond donors (Lipinski definition) is 0. The summed E-state index contributed by atoms with van der Waals surface area (Å²) in [5.74, 6) is 0. The Bertz CT molecular complexity index is 810. The van der Waals surface area contributed by atoms with Crippen molar-refractivity contribution in [2.24, 2.45) is 0 Å². The molecule has 3 aliphatic rings. The average Bonchev–Trinajstić information content (AvgIpc) is 3.64. The van der Waals surface area contributed by atoms with E-state index in [0.717, 1.165) is 64.6 Å². The number of benzene rings is 1. The highest BCUT2D eigenvalue weighted by Crippen LogP contribution is 2.63. The summed E-state index contributed by atoms with van der Waals surface area (Å²) in [6, 6.07) is 5.03. The second kappa shape index (κ2) is 8.90. The third-order valence-corrected chi connectivity index (χ3v) is 8.61. The molecular weight excluding hydrogens is 409 g/mol. The molecule has 0 bridgehead atoms. The van der Waals surface area contributed by atoms with Gasteiger partial charge in [0.25, 0.3) is 5.69 Å². The molecule has 1 atom stereocenters. The van der Waals surface area contributed by atoms with Crippen LogP contribution in [-0.2, 0) is 13.8 Å². The van der Waals surface area contributed by atoms with E-state index in [9.17, 15) is 14.7 Å². The monoisotopic (exact) mass is 439 g/mol. The number of likely N-dealkylation sites (N-methyl/N-ethyl adjacent to an activating group) is 1. The van der Waals surface area contributed by atoms with Crippen LogP contribution in [0.5, 0.6) is 0 Å². The van der Waals surface area contributed by atoms with Crippen molar-refractivity contribution in [1.82, 2.24) is 14.2 Å². The molecule has 0 saturated carbocycles. The molecule has 0 spiro atoms. The van der Waals surface area contributed by atoms with Gasteiger partial charge >= 0.3 is 7.67 Å². The fourth-order valence-corrected chi connectivity index (χ4v) is 6.01. The van der Waals surface area contributed by atoms with Gasteiger partial charge in [0.2, 0.25) is 0 Å². The summed E-state index contributed by atoms with van der Waals surface area (Å²) in [7, 11) is -1.09.